The molecule has 0 nitrogen and oxygen atoms in total. The van der Waals surface area contributed by atoms with Crippen LogP contribution in [0.5, 0.6) is 0 Å². The Kier molecular flexibility index (Phi) is 3.30. The first-order valence-corrected chi connectivity index (χ1v) is 5.41. The van der Waals surface area contributed by atoms with Gasteiger partial charge in [0.05, 0.1) is 10.0 Å². The van der Waals surface area contributed by atoms with Crippen LogP contribution < -0.4 is 0 Å². The van der Waals surface area contributed by atoms with E-state index in [1.807, 2.05) is 24.3 Å². The van der Waals surface area contributed by atoms with E-state index in [0.29, 0.717) is 10.0 Å². The summed E-state index contributed by atoms with van der Waals surface area (Å²) in [5, 5.41) is 1.18. The van der Waals surface area contributed by atoms with E-state index >= 15 is 0 Å². The topological polar surface area (TPSA) is 0 Å². The van der Waals surface area contributed by atoms with Crippen LogP contribution in [0, 0.1) is 6.07 Å². The molecule has 2 aromatic rings. The van der Waals surface area contributed by atoms with Crippen molar-refractivity contribution in [1.82, 2.24) is 0 Å². The van der Waals surface area contributed by atoms with Crippen molar-refractivity contribution >= 4 is 23.2 Å². The lowest BCUT2D eigenvalue weighted by Gasteiger charge is -2.05. The highest BCUT2D eigenvalue weighted by atomic mass is 35.5. The zero-order valence-corrected chi connectivity index (χ0v) is 9.52. The lowest BCUT2D eigenvalue weighted by Crippen LogP contribution is -1.89. The van der Waals surface area contributed by atoms with Crippen LogP contribution in [-0.4, -0.2) is 0 Å². The molecule has 0 aliphatic rings. The van der Waals surface area contributed by atoms with Crippen LogP contribution in [0.3, 0.4) is 0 Å². The fraction of sp³-hybridized carbons (Fsp3) is 0.0769. The largest absolute Gasteiger partial charge is 0.0827 e. The summed E-state index contributed by atoms with van der Waals surface area (Å²) in [6.45, 7) is 0. The average Bonchev–Trinajstić information content (AvgIpc) is 2.26. The summed E-state index contributed by atoms with van der Waals surface area (Å²) < 4.78 is 0. The lowest BCUT2D eigenvalue weighted by molar-refractivity contribution is 1.19. The monoisotopic (exact) mass is 235 g/mol. The Morgan fingerprint density at radius 1 is 1.00 bits per heavy atom. The quantitative estimate of drug-likeness (QED) is 0.725. The van der Waals surface area contributed by atoms with Crippen LogP contribution in [0.2, 0.25) is 10.0 Å². The third-order valence-electron chi connectivity index (χ3n) is 2.20. The van der Waals surface area contributed by atoms with Gasteiger partial charge in [-0.1, -0.05) is 53.5 Å². The molecule has 0 N–H and O–H groups in total. The number of rotatable bonds is 2. The van der Waals surface area contributed by atoms with Crippen molar-refractivity contribution in [3.8, 4) is 0 Å². The first-order valence-electron chi connectivity index (χ1n) is 4.65. The van der Waals surface area contributed by atoms with Gasteiger partial charge in [-0.2, -0.15) is 0 Å². The standard InChI is InChI=1S/C13H9Cl2/c14-12-8-4-7-11(13(12)15)9-10-5-2-1-3-6-10/h1-3,5-8H,9H2. The fourth-order valence-corrected chi connectivity index (χ4v) is 1.80. The summed E-state index contributed by atoms with van der Waals surface area (Å²) in [5.74, 6) is 0. The normalized spacial score (nSPS) is 10.3. The van der Waals surface area contributed by atoms with E-state index in [0.717, 1.165) is 12.0 Å². The molecule has 0 aliphatic carbocycles. The van der Waals surface area contributed by atoms with Crippen molar-refractivity contribution in [3.63, 3.8) is 0 Å². The molecule has 0 unspecified atom stereocenters. The van der Waals surface area contributed by atoms with Gasteiger partial charge in [0.25, 0.3) is 0 Å². The summed E-state index contributed by atoms with van der Waals surface area (Å²) in [7, 11) is 0. The molecule has 0 aliphatic heterocycles. The van der Waals surface area contributed by atoms with Crippen LogP contribution in [0.4, 0.5) is 0 Å². The molecule has 2 aromatic carbocycles. The van der Waals surface area contributed by atoms with Gasteiger partial charge in [-0.15, -0.1) is 0 Å². The van der Waals surface area contributed by atoms with Gasteiger partial charge >= 0.3 is 0 Å². The van der Waals surface area contributed by atoms with E-state index in [2.05, 4.69) is 18.2 Å². The van der Waals surface area contributed by atoms with Crippen molar-refractivity contribution < 1.29 is 0 Å². The molecule has 2 heteroatoms. The van der Waals surface area contributed by atoms with Crippen LogP contribution in [0.15, 0.2) is 42.5 Å². The van der Waals surface area contributed by atoms with Crippen molar-refractivity contribution in [2.24, 2.45) is 0 Å². The zero-order valence-electron chi connectivity index (χ0n) is 8.00. The maximum atomic E-state index is 6.09. The predicted octanol–water partition coefficient (Wildman–Crippen LogP) is 4.38. The smallest absolute Gasteiger partial charge is 0.0628 e. The summed E-state index contributed by atoms with van der Waals surface area (Å²) in [4.78, 5) is 0. The Hall–Kier alpha value is -0.980. The van der Waals surface area contributed by atoms with Crippen molar-refractivity contribution in [2.45, 2.75) is 6.42 Å². The first kappa shape index (κ1) is 10.5. The summed E-state index contributed by atoms with van der Waals surface area (Å²) in [6, 6.07) is 16.7. The predicted molar refractivity (Wildman–Crippen MR) is 64.5 cm³/mol. The van der Waals surface area contributed by atoms with Crippen LogP contribution in [0.25, 0.3) is 0 Å². The zero-order chi connectivity index (χ0) is 10.7. The molecule has 75 valence electrons. The van der Waals surface area contributed by atoms with E-state index in [1.54, 1.807) is 6.07 Å². The minimum Gasteiger partial charge on any atom is -0.0827 e. The molecule has 0 spiro atoms. The molecule has 0 bridgehead atoms. The van der Waals surface area contributed by atoms with Crippen LogP contribution >= 0.6 is 23.2 Å². The molecule has 2 rings (SSSR count). The Morgan fingerprint density at radius 3 is 2.47 bits per heavy atom. The van der Waals surface area contributed by atoms with E-state index in [1.165, 1.54) is 5.56 Å². The van der Waals surface area contributed by atoms with Crippen molar-refractivity contribution in [1.29, 1.82) is 0 Å². The molecule has 1 radical (unpaired) electrons. The summed E-state index contributed by atoms with van der Waals surface area (Å²) in [5.41, 5.74) is 2.23. The third kappa shape index (κ3) is 2.53. The maximum absolute atomic E-state index is 6.09. The van der Waals surface area contributed by atoms with Crippen molar-refractivity contribution in [3.05, 3.63) is 69.7 Å². The number of halogens is 2. The third-order valence-corrected chi connectivity index (χ3v) is 3.04. The number of hydrogen-bond acceptors (Lipinski definition) is 0. The van der Waals surface area contributed by atoms with Crippen molar-refractivity contribution in [2.75, 3.05) is 0 Å². The second-order valence-electron chi connectivity index (χ2n) is 3.30. The average molecular weight is 236 g/mol. The molecule has 0 heterocycles. The van der Waals surface area contributed by atoms with Gasteiger partial charge < -0.3 is 0 Å². The summed E-state index contributed by atoms with van der Waals surface area (Å²) >= 11 is 12.0. The minimum atomic E-state index is 0.560. The second-order valence-corrected chi connectivity index (χ2v) is 4.09. The number of benzene rings is 2. The molecule has 0 saturated carbocycles. The van der Waals surface area contributed by atoms with Gasteiger partial charge in [0.15, 0.2) is 0 Å². The SMILES string of the molecule is Clc1c[c]cc(Cc2ccccc2)c1Cl. The lowest BCUT2D eigenvalue weighted by atomic mass is 10.1. The first-order chi connectivity index (χ1) is 7.27. The molecule has 0 fully saturated rings. The molecular weight excluding hydrogens is 227 g/mol. The number of hydrogen-bond donors (Lipinski definition) is 0. The van der Waals surface area contributed by atoms with E-state index in [-0.39, 0.29) is 0 Å². The Balaban J connectivity index is 2.29. The van der Waals surface area contributed by atoms with Gasteiger partial charge in [-0.3, -0.25) is 0 Å². The Bertz CT molecular complexity index is 449. The van der Waals surface area contributed by atoms with Gasteiger partial charge in [0.2, 0.25) is 0 Å². The molecule has 0 saturated heterocycles. The molecule has 0 atom stereocenters. The second kappa shape index (κ2) is 4.69. The highest BCUT2D eigenvalue weighted by molar-refractivity contribution is 6.42. The van der Waals surface area contributed by atoms with Gasteiger partial charge in [0, 0.05) is 0 Å². The molecule has 15 heavy (non-hydrogen) atoms. The molecule has 0 aromatic heterocycles. The highest BCUT2D eigenvalue weighted by Gasteiger charge is 2.04. The van der Waals surface area contributed by atoms with Crippen LogP contribution in [-0.2, 0) is 6.42 Å². The molecule has 0 amide bonds. The minimum absolute atomic E-state index is 0.560. The fourth-order valence-electron chi connectivity index (χ4n) is 1.44. The Morgan fingerprint density at radius 2 is 1.73 bits per heavy atom. The molecular formula is C13H9Cl2. The van der Waals surface area contributed by atoms with Gasteiger partial charge in [0.1, 0.15) is 0 Å². The Labute approximate surface area is 99.5 Å². The summed E-state index contributed by atoms with van der Waals surface area (Å²) in [6.07, 6.45) is 0.788. The highest BCUT2D eigenvalue weighted by Crippen LogP contribution is 2.26. The maximum Gasteiger partial charge on any atom is 0.0628 e. The van der Waals surface area contributed by atoms with E-state index in [9.17, 15) is 0 Å². The van der Waals surface area contributed by atoms with Gasteiger partial charge in [-0.25, -0.2) is 0 Å². The van der Waals surface area contributed by atoms with Gasteiger partial charge in [-0.05, 0) is 35.7 Å². The van der Waals surface area contributed by atoms with E-state index in [4.69, 9.17) is 23.2 Å². The van der Waals surface area contributed by atoms with Crippen LogP contribution in [0.1, 0.15) is 11.1 Å². The van der Waals surface area contributed by atoms with E-state index < -0.39 is 0 Å².